The van der Waals surface area contributed by atoms with Crippen LogP contribution in [0.25, 0.3) is 0 Å². The van der Waals surface area contributed by atoms with Crippen molar-refractivity contribution in [3.8, 4) is 0 Å². The predicted molar refractivity (Wildman–Crippen MR) is 78.4 cm³/mol. The molecule has 0 aromatic rings. The van der Waals surface area contributed by atoms with Crippen molar-refractivity contribution in [2.24, 2.45) is 17.6 Å². The van der Waals surface area contributed by atoms with E-state index < -0.39 is 0 Å². The maximum Gasteiger partial charge on any atom is 0.233 e. The van der Waals surface area contributed by atoms with Crippen molar-refractivity contribution in [1.82, 2.24) is 4.90 Å². The number of hydrogen-bond acceptors (Lipinski definition) is 4. The van der Waals surface area contributed by atoms with Crippen LogP contribution in [-0.2, 0) is 14.3 Å². The Labute approximate surface area is 126 Å². The second kappa shape index (κ2) is 6.44. The Kier molecular flexibility index (Phi) is 4.60. The quantitative estimate of drug-likeness (QED) is 0.797. The lowest BCUT2D eigenvalue weighted by atomic mass is 9.81. The molecule has 3 fully saturated rings. The van der Waals surface area contributed by atoms with Gasteiger partial charge in [-0.3, -0.25) is 14.5 Å². The van der Waals surface area contributed by atoms with Crippen LogP contribution >= 0.6 is 0 Å². The van der Waals surface area contributed by atoms with E-state index in [0.717, 1.165) is 51.4 Å². The molecule has 2 atom stereocenters. The number of likely N-dealkylation sites (tertiary alicyclic amines) is 1. The minimum atomic E-state index is -0.0427. The van der Waals surface area contributed by atoms with Gasteiger partial charge in [0.25, 0.3) is 0 Å². The number of carbonyl (C=O) groups is 2. The summed E-state index contributed by atoms with van der Waals surface area (Å²) >= 11 is 0. The molecule has 5 nitrogen and oxygen atoms in total. The molecular weight excluding hydrogens is 268 g/mol. The molecule has 0 aromatic heterocycles. The second-order valence-corrected chi connectivity index (χ2v) is 6.73. The van der Waals surface area contributed by atoms with Gasteiger partial charge in [0.2, 0.25) is 11.8 Å². The molecule has 0 spiro atoms. The van der Waals surface area contributed by atoms with Crippen LogP contribution < -0.4 is 5.73 Å². The van der Waals surface area contributed by atoms with Crippen LogP contribution in [0, 0.1) is 11.8 Å². The first-order valence-electron chi connectivity index (χ1n) is 8.39. The minimum Gasteiger partial charge on any atom is -0.376 e. The van der Waals surface area contributed by atoms with Crippen molar-refractivity contribution in [3.05, 3.63) is 0 Å². The van der Waals surface area contributed by atoms with Gasteiger partial charge in [-0.05, 0) is 38.5 Å². The molecule has 1 aliphatic heterocycles. The highest BCUT2D eigenvalue weighted by Gasteiger charge is 2.47. The lowest BCUT2D eigenvalue weighted by molar-refractivity contribution is -0.141. The van der Waals surface area contributed by atoms with Gasteiger partial charge in [-0.1, -0.05) is 12.8 Å². The molecule has 2 amide bonds. The Morgan fingerprint density at radius 3 is 2.10 bits per heavy atom. The van der Waals surface area contributed by atoms with E-state index in [4.69, 9.17) is 10.5 Å². The highest BCUT2D eigenvalue weighted by Crippen LogP contribution is 2.37. The number of amides is 2. The summed E-state index contributed by atoms with van der Waals surface area (Å²) in [6, 6.07) is 0.315. The zero-order chi connectivity index (χ0) is 14.8. The average molecular weight is 294 g/mol. The molecule has 2 N–H and O–H groups in total. The van der Waals surface area contributed by atoms with Gasteiger partial charge in [0.05, 0.1) is 31.1 Å². The SMILES string of the molecule is NC1CCC(OCCN2C(=O)C3CCCCC3C2=O)CC1. The monoisotopic (exact) mass is 294 g/mol. The Morgan fingerprint density at radius 2 is 1.52 bits per heavy atom. The fraction of sp³-hybridized carbons (Fsp3) is 0.875. The van der Waals surface area contributed by atoms with Crippen molar-refractivity contribution in [3.63, 3.8) is 0 Å². The van der Waals surface area contributed by atoms with Gasteiger partial charge in [0.1, 0.15) is 0 Å². The number of ether oxygens (including phenoxy) is 1. The predicted octanol–water partition coefficient (Wildman–Crippen LogP) is 1.45. The van der Waals surface area contributed by atoms with Crippen LogP contribution in [0.4, 0.5) is 0 Å². The molecule has 5 heteroatoms. The molecule has 1 saturated heterocycles. The molecule has 118 valence electrons. The third-order valence-corrected chi connectivity index (χ3v) is 5.32. The number of hydrogen-bond donors (Lipinski definition) is 1. The Balaban J connectivity index is 1.47. The van der Waals surface area contributed by atoms with Gasteiger partial charge in [0.15, 0.2) is 0 Å². The van der Waals surface area contributed by atoms with Gasteiger partial charge in [-0.25, -0.2) is 0 Å². The summed E-state index contributed by atoms with van der Waals surface area (Å²) in [6.45, 7) is 0.893. The van der Waals surface area contributed by atoms with Crippen LogP contribution in [-0.4, -0.2) is 42.0 Å². The van der Waals surface area contributed by atoms with Crippen LogP contribution in [0.15, 0.2) is 0 Å². The highest BCUT2D eigenvalue weighted by atomic mass is 16.5. The first kappa shape index (κ1) is 15.0. The zero-order valence-electron chi connectivity index (χ0n) is 12.6. The maximum atomic E-state index is 12.3. The molecule has 2 unspecified atom stereocenters. The van der Waals surface area contributed by atoms with Crippen molar-refractivity contribution in [2.75, 3.05) is 13.2 Å². The molecule has 0 bridgehead atoms. The Hall–Kier alpha value is -0.940. The fourth-order valence-corrected chi connectivity index (χ4v) is 4.02. The van der Waals surface area contributed by atoms with E-state index in [1.807, 2.05) is 0 Å². The summed E-state index contributed by atoms with van der Waals surface area (Å²) in [6.07, 6.45) is 8.18. The van der Waals surface area contributed by atoms with Crippen molar-refractivity contribution in [2.45, 2.75) is 63.5 Å². The number of imide groups is 1. The van der Waals surface area contributed by atoms with E-state index in [2.05, 4.69) is 0 Å². The molecule has 2 saturated carbocycles. The summed E-state index contributed by atoms with van der Waals surface area (Å²) in [4.78, 5) is 26.1. The molecule has 3 aliphatic rings. The summed E-state index contributed by atoms with van der Waals surface area (Å²) in [5.41, 5.74) is 5.88. The summed E-state index contributed by atoms with van der Waals surface area (Å²) in [7, 11) is 0. The molecular formula is C16H26N2O3. The average Bonchev–Trinajstić information content (AvgIpc) is 2.75. The van der Waals surface area contributed by atoms with Crippen molar-refractivity contribution >= 4 is 11.8 Å². The third kappa shape index (κ3) is 3.14. The lowest BCUT2D eigenvalue weighted by Crippen LogP contribution is -2.36. The van der Waals surface area contributed by atoms with Crippen molar-refractivity contribution in [1.29, 1.82) is 0 Å². The van der Waals surface area contributed by atoms with Gasteiger partial charge in [0, 0.05) is 6.04 Å². The van der Waals surface area contributed by atoms with E-state index in [9.17, 15) is 9.59 Å². The Bertz CT molecular complexity index is 380. The van der Waals surface area contributed by atoms with Crippen LogP contribution in [0.1, 0.15) is 51.4 Å². The smallest absolute Gasteiger partial charge is 0.233 e. The minimum absolute atomic E-state index is 0.0407. The molecule has 0 radical (unpaired) electrons. The van der Waals surface area contributed by atoms with Gasteiger partial charge in [-0.2, -0.15) is 0 Å². The Morgan fingerprint density at radius 1 is 0.952 bits per heavy atom. The normalized spacial score (nSPS) is 36.9. The summed E-state index contributed by atoms with van der Waals surface area (Å²) in [5.74, 6) is -0.00390. The summed E-state index contributed by atoms with van der Waals surface area (Å²) in [5, 5.41) is 0. The van der Waals surface area contributed by atoms with E-state index in [0.29, 0.717) is 19.2 Å². The second-order valence-electron chi connectivity index (χ2n) is 6.73. The van der Waals surface area contributed by atoms with Crippen LogP contribution in [0.3, 0.4) is 0 Å². The van der Waals surface area contributed by atoms with Crippen LogP contribution in [0.2, 0.25) is 0 Å². The standard InChI is InChI=1S/C16H26N2O3/c17-11-5-7-12(8-6-11)21-10-9-18-15(19)13-3-1-2-4-14(13)16(18)20/h11-14H,1-10,17H2. The first-order valence-corrected chi connectivity index (χ1v) is 8.39. The number of rotatable bonds is 4. The van der Waals surface area contributed by atoms with Gasteiger partial charge < -0.3 is 10.5 Å². The topological polar surface area (TPSA) is 72.6 Å². The summed E-state index contributed by atoms with van der Waals surface area (Å²) < 4.78 is 5.84. The number of carbonyl (C=O) groups excluding carboxylic acids is 2. The van der Waals surface area contributed by atoms with E-state index >= 15 is 0 Å². The first-order chi connectivity index (χ1) is 10.2. The van der Waals surface area contributed by atoms with Crippen molar-refractivity contribution < 1.29 is 14.3 Å². The number of fused-ring (bicyclic) bond motifs is 1. The zero-order valence-corrected chi connectivity index (χ0v) is 12.6. The molecule has 21 heavy (non-hydrogen) atoms. The molecule has 0 aromatic carbocycles. The number of nitrogens with two attached hydrogens (primary N) is 1. The molecule has 2 aliphatic carbocycles. The van der Waals surface area contributed by atoms with E-state index in [-0.39, 0.29) is 29.8 Å². The third-order valence-electron chi connectivity index (χ3n) is 5.32. The number of nitrogens with zero attached hydrogens (tertiary/aromatic N) is 1. The fourth-order valence-electron chi connectivity index (χ4n) is 4.02. The maximum absolute atomic E-state index is 12.3. The molecule has 1 heterocycles. The van der Waals surface area contributed by atoms with Gasteiger partial charge >= 0.3 is 0 Å². The largest absolute Gasteiger partial charge is 0.376 e. The van der Waals surface area contributed by atoms with Crippen LogP contribution in [0.5, 0.6) is 0 Å². The van der Waals surface area contributed by atoms with Gasteiger partial charge in [-0.15, -0.1) is 0 Å². The van der Waals surface area contributed by atoms with E-state index in [1.165, 1.54) is 4.90 Å². The molecule has 3 rings (SSSR count). The lowest BCUT2D eigenvalue weighted by Gasteiger charge is -2.26. The van der Waals surface area contributed by atoms with E-state index in [1.54, 1.807) is 0 Å². The highest BCUT2D eigenvalue weighted by molar-refractivity contribution is 6.05.